The number of aliphatic hydroxyl groups excluding tert-OH is 1. The Balaban J connectivity index is 1.69. The first-order valence-corrected chi connectivity index (χ1v) is 16.8. The van der Waals surface area contributed by atoms with Gasteiger partial charge in [0.05, 0.1) is 36.6 Å². The molecular formula is C34H46BrN3O7. The number of amides is 3. The standard InChI is InChI=1S/C34H46BrN3O7/c1-6-9-16-25(40)36-22(5)28(23-14-12-11-13-15-23)44-33(43)26-27-31(41)38(21(4)20-39)30(34(27)19-24(35)29(26)45-34)32(42)37(17-8-3)18-10-7-2/h6,8,11-15,21-22,24,26-30,39H,1,3,7,9-10,16-20H2,2,4-5H3,(H,36,40)/t21-,22-,24?,26+,27-,28-,29+,30+,34-/m1/s1. The van der Waals surface area contributed by atoms with Gasteiger partial charge in [-0.2, -0.15) is 0 Å². The van der Waals surface area contributed by atoms with Gasteiger partial charge in [0.15, 0.2) is 0 Å². The average Bonchev–Trinajstić information content (AvgIpc) is 3.63. The molecule has 11 heteroatoms. The van der Waals surface area contributed by atoms with Crippen LogP contribution in [0.25, 0.3) is 0 Å². The second-order valence-corrected chi connectivity index (χ2v) is 13.5. The summed E-state index contributed by atoms with van der Waals surface area (Å²) in [5.74, 6) is -3.50. The van der Waals surface area contributed by atoms with Crippen molar-refractivity contribution in [2.24, 2.45) is 11.8 Å². The molecule has 0 saturated carbocycles. The van der Waals surface area contributed by atoms with Crippen LogP contribution in [0.5, 0.6) is 0 Å². The molecule has 1 aromatic rings. The van der Waals surface area contributed by atoms with Crippen molar-refractivity contribution in [2.45, 2.75) is 93.6 Å². The topological polar surface area (TPSA) is 125 Å². The van der Waals surface area contributed by atoms with Gasteiger partial charge in [0.2, 0.25) is 17.7 Å². The van der Waals surface area contributed by atoms with Gasteiger partial charge in [0, 0.05) is 24.3 Å². The van der Waals surface area contributed by atoms with E-state index < -0.39 is 59.6 Å². The number of unbranched alkanes of at least 4 members (excludes halogenated alkanes) is 1. The number of aliphatic hydroxyl groups is 1. The highest BCUT2D eigenvalue weighted by atomic mass is 79.9. The molecule has 246 valence electrons. The summed E-state index contributed by atoms with van der Waals surface area (Å²) in [6.45, 7) is 13.4. The Labute approximate surface area is 274 Å². The molecule has 3 aliphatic rings. The summed E-state index contributed by atoms with van der Waals surface area (Å²) in [4.78, 5) is 58.2. The molecule has 3 heterocycles. The molecule has 1 unspecified atom stereocenters. The molecule has 0 radical (unpaired) electrons. The van der Waals surface area contributed by atoms with Crippen molar-refractivity contribution in [1.29, 1.82) is 0 Å². The molecule has 0 aromatic heterocycles. The zero-order chi connectivity index (χ0) is 32.9. The molecule has 1 aromatic carbocycles. The van der Waals surface area contributed by atoms with E-state index in [-0.39, 0.29) is 29.7 Å². The van der Waals surface area contributed by atoms with Crippen molar-refractivity contribution >= 4 is 39.6 Å². The average molecular weight is 689 g/mol. The lowest BCUT2D eigenvalue weighted by molar-refractivity contribution is -0.162. The second-order valence-electron chi connectivity index (χ2n) is 12.3. The highest BCUT2D eigenvalue weighted by Crippen LogP contribution is 2.61. The second kappa shape index (κ2) is 15.0. The first-order valence-electron chi connectivity index (χ1n) is 15.9. The van der Waals surface area contributed by atoms with Crippen molar-refractivity contribution in [3.05, 3.63) is 61.2 Å². The van der Waals surface area contributed by atoms with Crippen molar-refractivity contribution in [1.82, 2.24) is 15.1 Å². The normalized spacial score (nSPS) is 28.6. The maximum Gasteiger partial charge on any atom is 0.313 e. The number of carbonyl (C=O) groups is 4. The van der Waals surface area contributed by atoms with Crippen LogP contribution in [0.15, 0.2) is 55.6 Å². The van der Waals surface area contributed by atoms with E-state index in [1.165, 1.54) is 4.90 Å². The highest BCUT2D eigenvalue weighted by Gasteiger charge is 2.77. The number of hydrogen-bond donors (Lipinski definition) is 2. The van der Waals surface area contributed by atoms with Crippen LogP contribution in [0.1, 0.15) is 64.5 Å². The minimum absolute atomic E-state index is 0.199. The molecule has 3 saturated heterocycles. The fourth-order valence-electron chi connectivity index (χ4n) is 7.09. The number of benzene rings is 1. The fraction of sp³-hybridized carbons (Fsp3) is 0.588. The van der Waals surface area contributed by atoms with Crippen LogP contribution in [0.2, 0.25) is 0 Å². The van der Waals surface area contributed by atoms with Crippen molar-refractivity contribution < 1.29 is 33.8 Å². The van der Waals surface area contributed by atoms with Crippen molar-refractivity contribution in [3.8, 4) is 0 Å². The molecule has 1 spiro atoms. The number of alkyl halides is 1. The molecule has 2 bridgehead atoms. The number of likely N-dealkylation sites (tertiary alicyclic amines) is 1. The van der Waals surface area contributed by atoms with Gasteiger partial charge >= 0.3 is 5.97 Å². The Morgan fingerprint density at radius 3 is 2.58 bits per heavy atom. The van der Waals surface area contributed by atoms with E-state index in [2.05, 4.69) is 34.4 Å². The van der Waals surface area contributed by atoms with Crippen LogP contribution < -0.4 is 5.32 Å². The molecule has 3 fully saturated rings. The Morgan fingerprint density at radius 1 is 1.24 bits per heavy atom. The summed E-state index contributed by atoms with van der Waals surface area (Å²) in [5, 5.41) is 13.1. The predicted octanol–water partition coefficient (Wildman–Crippen LogP) is 3.69. The van der Waals surface area contributed by atoms with Crippen molar-refractivity contribution in [2.75, 3.05) is 19.7 Å². The van der Waals surface area contributed by atoms with Gasteiger partial charge in [-0.25, -0.2) is 0 Å². The fourth-order valence-corrected chi connectivity index (χ4v) is 8.03. The van der Waals surface area contributed by atoms with Gasteiger partial charge in [0.25, 0.3) is 0 Å². The summed E-state index contributed by atoms with van der Waals surface area (Å²) < 4.78 is 12.8. The van der Waals surface area contributed by atoms with Crippen LogP contribution >= 0.6 is 15.9 Å². The molecular weight excluding hydrogens is 642 g/mol. The van der Waals surface area contributed by atoms with Gasteiger partial charge in [-0.05, 0) is 38.7 Å². The Hall–Kier alpha value is -3.02. The van der Waals surface area contributed by atoms with E-state index in [0.29, 0.717) is 31.5 Å². The first-order chi connectivity index (χ1) is 21.6. The Kier molecular flexibility index (Phi) is 11.7. The monoisotopic (exact) mass is 687 g/mol. The lowest BCUT2D eigenvalue weighted by Gasteiger charge is -2.38. The number of halogens is 1. The third-order valence-electron chi connectivity index (χ3n) is 9.20. The molecule has 9 atom stereocenters. The minimum atomic E-state index is -1.28. The Morgan fingerprint density at radius 2 is 1.96 bits per heavy atom. The zero-order valence-corrected chi connectivity index (χ0v) is 28.0. The van der Waals surface area contributed by atoms with Gasteiger partial charge < -0.3 is 29.7 Å². The van der Waals surface area contributed by atoms with E-state index in [1.54, 1.807) is 30.9 Å². The van der Waals surface area contributed by atoms with Crippen LogP contribution in [0, 0.1) is 11.8 Å². The number of carbonyl (C=O) groups excluding carboxylic acids is 4. The van der Waals surface area contributed by atoms with Crippen LogP contribution in [0.3, 0.4) is 0 Å². The largest absolute Gasteiger partial charge is 0.455 e. The predicted molar refractivity (Wildman–Crippen MR) is 173 cm³/mol. The number of ether oxygens (including phenoxy) is 2. The summed E-state index contributed by atoms with van der Waals surface area (Å²) in [5.41, 5.74) is -0.590. The van der Waals surface area contributed by atoms with Crippen LogP contribution in [-0.2, 0) is 28.7 Å². The minimum Gasteiger partial charge on any atom is -0.455 e. The number of nitrogens with one attached hydrogen (secondary N) is 1. The van der Waals surface area contributed by atoms with E-state index in [1.807, 2.05) is 37.3 Å². The third-order valence-corrected chi connectivity index (χ3v) is 10.0. The lowest BCUT2D eigenvalue weighted by atomic mass is 9.70. The third kappa shape index (κ3) is 6.76. The Bertz CT molecular complexity index is 1260. The highest BCUT2D eigenvalue weighted by molar-refractivity contribution is 9.09. The number of allylic oxidation sites excluding steroid dienone is 1. The number of hydrogen-bond acceptors (Lipinski definition) is 7. The summed E-state index contributed by atoms with van der Waals surface area (Å²) in [6, 6.07) is 6.86. The lowest BCUT2D eigenvalue weighted by Crippen LogP contribution is -2.58. The number of nitrogens with zero attached hydrogens (tertiary/aromatic N) is 2. The molecule has 0 aliphatic carbocycles. The number of rotatable bonds is 16. The first kappa shape index (κ1) is 34.8. The van der Waals surface area contributed by atoms with E-state index in [9.17, 15) is 24.3 Å². The molecule has 2 N–H and O–H groups in total. The molecule has 3 amide bonds. The summed E-state index contributed by atoms with van der Waals surface area (Å²) in [7, 11) is 0. The van der Waals surface area contributed by atoms with E-state index in [4.69, 9.17) is 9.47 Å². The maximum atomic E-state index is 14.3. The van der Waals surface area contributed by atoms with Crippen LogP contribution in [-0.4, -0.2) is 93.0 Å². The molecule has 10 nitrogen and oxygen atoms in total. The molecule has 45 heavy (non-hydrogen) atoms. The molecule has 3 aliphatic heterocycles. The zero-order valence-electron chi connectivity index (χ0n) is 26.4. The summed E-state index contributed by atoms with van der Waals surface area (Å²) >= 11 is 3.69. The van der Waals surface area contributed by atoms with Crippen molar-refractivity contribution in [3.63, 3.8) is 0 Å². The van der Waals surface area contributed by atoms with Gasteiger partial charge in [0.1, 0.15) is 17.7 Å². The van der Waals surface area contributed by atoms with E-state index in [0.717, 1.165) is 12.8 Å². The van der Waals surface area contributed by atoms with Gasteiger partial charge in [-0.15, -0.1) is 13.2 Å². The van der Waals surface area contributed by atoms with Crippen LogP contribution in [0.4, 0.5) is 0 Å². The molecule has 4 rings (SSSR count). The quantitative estimate of drug-likeness (QED) is 0.154. The SMILES string of the molecule is C=CCCC(=O)N[C@H](C)[C@@H](OC(=O)[C@@H]1[C@H]2O[C@@]3(CC2Br)[C@H](C(=O)N(CC=C)CCCC)N([C@H](C)CO)C(=O)[C@@H]13)c1ccccc1. The smallest absolute Gasteiger partial charge is 0.313 e. The number of esters is 1. The van der Waals surface area contributed by atoms with Gasteiger partial charge in [-0.1, -0.05) is 71.8 Å². The maximum absolute atomic E-state index is 14.3. The summed E-state index contributed by atoms with van der Waals surface area (Å²) in [6.07, 6.45) is 4.53. The van der Waals surface area contributed by atoms with Gasteiger partial charge in [-0.3, -0.25) is 19.2 Å². The van der Waals surface area contributed by atoms with E-state index >= 15 is 0 Å². The number of fused-ring (bicyclic) bond motifs is 1.